The van der Waals surface area contributed by atoms with Gasteiger partial charge in [-0.15, -0.1) is 11.3 Å². The second-order valence-corrected chi connectivity index (χ2v) is 6.18. The number of nitrogens with zero attached hydrogens (tertiary/aromatic N) is 2. The molecule has 0 radical (unpaired) electrons. The Labute approximate surface area is 122 Å². The Bertz CT molecular complexity index is 576. The second-order valence-electron chi connectivity index (χ2n) is 4.71. The van der Waals surface area contributed by atoms with Gasteiger partial charge in [-0.25, -0.2) is 4.98 Å². The monoisotopic (exact) mass is 289 g/mol. The van der Waals surface area contributed by atoms with Crippen molar-refractivity contribution < 1.29 is 0 Å². The van der Waals surface area contributed by atoms with E-state index < -0.39 is 0 Å². The number of anilines is 1. The predicted molar refractivity (Wildman–Crippen MR) is 83.6 cm³/mol. The van der Waals surface area contributed by atoms with Crippen molar-refractivity contribution in [2.24, 2.45) is 5.73 Å². The van der Waals surface area contributed by atoms with Gasteiger partial charge in [0.25, 0.3) is 0 Å². The van der Waals surface area contributed by atoms with Gasteiger partial charge < -0.3 is 10.6 Å². The minimum atomic E-state index is 0.426. The topological polar surface area (TPSA) is 42.1 Å². The largest absolute Gasteiger partial charge is 0.389 e. The summed E-state index contributed by atoms with van der Waals surface area (Å²) in [7, 11) is 0. The Kier molecular flexibility index (Phi) is 3.48. The van der Waals surface area contributed by atoms with Crippen LogP contribution in [0.15, 0.2) is 35.8 Å². The fourth-order valence-corrected chi connectivity index (χ4v) is 2.91. The minimum absolute atomic E-state index is 0.426. The maximum absolute atomic E-state index is 5.70. The molecule has 2 aromatic rings. The van der Waals surface area contributed by atoms with Gasteiger partial charge in [-0.1, -0.05) is 18.3 Å². The van der Waals surface area contributed by atoms with Crippen LogP contribution in [0.2, 0.25) is 0 Å². The first-order valence-corrected chi connectivity index (χ1v) is 7.58. The van der Waals surface area contributed by atoms with Crippen molar-refractivity contribution >= 4 is 34.4 Å². The van der Waals surface area contributed by atoms with Crippen molar-refractivity contribution in [1.29, 1.82) is 0 Å². The first-order valence-electron chi connectivity index (χ1n) is 6.29. The molecule has 2 heterocycles. The first kappa shape index (κ1) is 12.6. The van der Waals surface area contributed by atoms with Crippen LogP contribution in [0.1, 0.15) is 23.3 Å². The molecule has 98 valence electrons. The van der Waals surface area contributed by atoms with Crippen LogP contribution in [0.5, 0.6) is 0 Å². The quantitative estimate of drug-likeness (QED) is 0.859. The van der Waals surface area contributed by atoms with Crippen LogP contribution < -0.4 is 10.6 Å². The van der Waals surface area contributed by atoms with Crippen LogP contribution in [0.3, 0.4) is 0 Å². The third-order valence-electron chi connectivity index (χ3n) is 3.22. The summed E-state index contributed by atoms with van der Waals surface area (Å²) in [5.41, 5.74) is 6.58. The molecule has 0 aliphatic heterocycles. The lowest BCUT2D eigenvalue weighted by atomic mass is 10.2. The molecule has 0 bridgehead atoms. The van der Waals surface area contributed by atoms with Gasteiger partial charge >= 0.3 is 0 Å². The number of aromatic nitrogens is 1. The van der Waals surface area contributed by atoms with E-state index in [4.69, 9.17) is 18.0 Å². The molecule has 1 aliphatic carbocycles. The van der Waals surface area contributed by atoms with E-state index in [-0.39, 0.29) is 0 Å². The highest BCUT2D eigenvalue weighted by Crippen LogP contribution is 2.32. The van der Waals surface area contributed by atoms with E-state index in [1.807, 2.05) is 12.1 Å². The Morgan fingerprint density at radius 1 is 1.47 bits per heavy atom. The lowest BCUT2D eigenvalue weighted by Crippen LogP contribution is -2.26. The molecule has 0 saturated heterocycles. The highest BCUT2D eigenvalue weighted by atomic mass is 32.1. The average molecular weight is 289 g/mol. The molecule has 3 rings (SSSR count). The van der Waals surface area contributed by atoms with Crippen LogP contribution in [-0.4, -0.2) is 16.0 Å². The summed E-state index contributed by atoms with van der Waals surface area (Å²) in [6.07, 6.45) is 4.27. The fourth-order valence-electron chi connectivity index (χ4n) is 2.08. The molecule has 2 aromatic heterocycles. The Hall–Kier alpha value is -1.46. The molecule has 1 saturated carbocycles. The lowest BCUT2D eigenvalue weighted by molar-refractivity contribution is 0.786. The van der Waals surface area contributed by atoms with E-state index in [1.165, 1.54) is 17.7 Å². The minimum Gasteiger partial charge on any atom is -0.389 e. The second kappa shape index (κ2) is 5.27. The zero-order valence-corrected chi connectivity index (χ0v) is 12.1. The number of hydrogen-bond donors (Lipinski definition) is 1. The van der Waals surface area contributed by atoms with Crippen molar-refractivity contribution in [1.82, 2.24) is 4.98 Å². The van der Waals surface area contributed by atoms with Crippen LogP contribution in [0, 0.1) is 0 Å². The molecule has 1 aliphatic rings. The molecule has 19 heavy (non-hydrogen) atoms. The molecule has 3 nitrogen and oxygen atoms in total. The molecule has 2 N–H and O–H groups in total. The predicted octanol–water partition coefficient (Wildman–Crippen LogP) is 2.95. The summed E-state index contributed by atoms with van der Waals surface area (Å²) in [6, 6.07) is 8.72. The normalized spacial score (nSPS) is 14.3. The number of hydrogen-bond acceptors (Lipinski definition) is 4. The van der Waals surface area contributed by atoms with Crippen molar-refractivity contribution in [2.75, 3.05) is 4.90 Å². The SMILES string of the molecule is NC(=S)c1ccnc(N(Cc2cccs2)C2CC2)c1. The van der Waals surface area contributed by atoms with Gasteiger partial charge in [0.1, 0.15) is 10.8 Å². The van der Waals surface area contributed by atoms with Crippen molar-refractivity contribution in [3.8, 4) is 0 Å². The van der Waals surface area contributed by atoms with E-state index in [1.54, 1.807) is 17.5 Å². The Balaban J connectivity index is 1.87. The number of thiophene rings is 1. The molecular formula is C14H15N3S2. The van der Waals surface area contributed by atoms with Gasteiger partial charge in [0.05, 0.1) is 6.54 Å². The summed E-state index contributed by atoms with van der Waals surface area (Å²) in [4.78, 5) is 8.62. The van der Waals surface area contributed by atoms with Gasteiger partial charge in [0.2, 0.25) is 0 Å². The van der Waals surface area contributed by atoms with Gasteiger partial charge in [-0.3, -0.25) is 0 Å². The summed E-state index contributed by atoms with van der Waals surface area (Å²) >= 11 is 6.82. The first-order chi connectivity index (χ1) is 9.24. The third kappa shape index (κ3) is 2.93. The molecule has 0 unspecified atom stereocenters. The smallest absolute Gasteiger partial charge is 0.129 e. The molecule has 1 fully saturated rings. The Morgan fingerprint density at radius 2 is 2.32 bits per heavy atom. The maximum atomic E-state index is 5.70. The van der Waals surface area contributed by atoms with Crippen molar-refractivity contribution in [3.63, 3.8) is 0 Å². The van der Waals surface area contributed by atoms with Gasteiger partial charge in [0, 0.05) is 22.7 Å². The molecule has 5 heteroatoms. The summed E-state index contributed by atoms with van der Waals surface area (Å²) < 4.78 is 0. The van der Waals surface area contributed by atoms with E-state index in [0.29, 0.717) is 11.0 Å². The lowest BCUT2D eigenvalue weighted by Gasteiger charge is -2.23. The highest BCUT2D eigenvalue weighted by molar-refractivity contribution is 7.80. The van der Waals surface area contributed by atoms with Crippen LogP contribution in [-0.2, 0) is 6.54 Å². The molecule has 0 aromatic carbocycles. The van der Waals surface area contributed by atoms with Crippen molar-refractivity contribution in [3.05, 3.63) is 46.3 Å². The highest BCUT2D eigenvalue weighted by Gasteiger charge is 2.30. The van der Waals surface area contributed by atoms with E-state index in [9.17, 15) is 0 Å². The van der Waals surface area contributed by atoms with E-state index >= 15 is 0 Å². The van der Waals surface area contributed by atoms with Gasteiger partial charge in [-0.2, -0.15) is 0 Å². The van der Waals surface area contributed by atoms with Crippen LogP contribution in [0.25, 0.3) is 0 Å². The zero-order chi connectivity index (χ0) is 13.2. The van der Waals surface area contributed by atoms with Crippen LogP contribution >= 0.6 is 23.6 Å². The molecule has 0 atom stereocenters. The van der Waals surface area contributed by atoms with E-state index in [2.05, 4.69) is 27.4 Å². The third-order valence-corrected chi connectivity index (χ3v) is 4.32. The number of thiocarbonyl (C=S) groups is 1. The number of pyridine rings is 1. The Morgan fingerprint density at radius 3 is 2.95 bits per heavy atom. The van der Waals surface area contributed by atoms with Crippen LogP contribution in [0.4, 0.5) is 5.82 Å². The summed E-state index contributed by atoms with van der Waals surface area (Å²) in [5.74, 6) is 0.973. The molecule has 0 spiro atoms. The number of rotatable bonds is 5. The maximum Gasteiger partial charge on any atom is 0.129 e. The summed E-state index contributed by atoms with van der Waals surface area (Å²) in [6.45, 7) is 0.913. The van der Waals surface area contributed by atoms with Gasteiger partial charge in [0.15, 0.2) is 0 Å². The fraction of sp³-hybridized carbons (Fsp3) is 0.286. The van der Waals surface area contributed by atoms with Crippen molar-refractivity contribution in [2.45, 2.75) is 25.4 Å². The molecular weight excluding hydrogens is 274 g/mol. The molecule has 0 amide bonds. The summed E-state index contributed by atoms with van der Waals surface area (Å²) in [5, 5.41) is 2.11. The standard InChI is InChI=1S/C14H15N3S2/c15-14(18)10-5-6-16-13(8-10)17(11-3-4-11)9-12-2-1-7-19-12/h1-2,5-8,11H,3-4,9H2,(H2,15,18). The van der Waals surface area contributed by atoms with E-state index in [0.717, 1.165) is 17.9 Å². The average Bonchev–Trinajstić information content (AvgIpc) is 3.13. The number of nitrogens with two attached hydrogens (primary N) is 1. The zero-order valence-electron chi connectivity index (χ0n) is 10.5. The van der Waals surface area contributed by atoms with Gasteiger partial charge in [-0.05, 0) is 36.4 Å².